The van der Waals surface area contributed by atoms with Crippen molar-refractivity contribution in [3.8, 4) is 11.4 Å². The van der Waals surface area contributed by atoms with Crippen LogP contribution in [-0.4, -0.2) is 56.9 Å². The van der Waals surface area contributed by atoms with Crippen molar-refractivity contribution >= 4 is 12.1 Å². The summed E-state index contributed by atoms with van der Waals surface area (Å²) in [7, 11) is 0. The Morgan fingerprint density at radius 3 is 2.47 bits per heavy atom. The normalized spacial score (nSPS) is 15.7. The molecule has 1 aliphatic heterocycles. The largest absolute Gasteiger partial charge is 0.490 e. The number of hydrogen-bond donors (Lipinski definition) is 2. The van der Waals surface area contributed by atoms with Crippen LogP contribution in [0.5, 0.6) is 5.75 Å². The fourth-order valence-corrected chi connectivity index (χ4v) is 3.95. The molecule has 2 N–H and O–H groups in total. The number of ether oxygens (including phenoxy) is 1. The molecule has 1 unspecified atom stereocenters. The molecular formula is C26H28F4N4O4. The third kappa shape index (κ3) is 8.30. The van der Waals surface area contributed by atoms with Gasteiger partial charge in [0.05, 0.1) is 5.69 Å². The number of carboxylic acid groups (broad SMARTS) is 1. The molecule has 1 aromatic heterocycles. The maximum atomic E-state index is 13.9. The quantitative estimate of drug-likeness (QED) is 0.441. The molecule has 3 aromatic rings. The number of likely N-dealkylation sites (tertiary alicyclic amines) is 1. The Labute approximate surface area is 216 Å². The number of rotatable bonds is 5. The van der Waals surface area contributed by atoms with Crippen molar-refractivity contribution < 1.29 is 37.0 Å². The van der Waals surface area contributed by atoms with Crippen LogP contribution in [0.25, 0.3) is 5.69 Å². The number of aromatic nitrogens is 2. The molecule has 1 aliphatic rings. The Hall–Kier alpha value is -3.93. The number of carbonyl (C=O) groups is 2. The molecule has 0 radical (unpaired) electrons. The molecule has 0 saturated carbocycles. The molecule has 1 saturated heterocycles. The molecule has 12 heteroatoms. The summed E-state index contributed by atoms with van der Waals surface area (Å²) in [6, 6.07) is 14.2. The van der Waals surface area contributed by atoms with Crippen molar-refractivity contribution in [1.82, 2.24) is 19.8 Å². The Balaban J connectivity index is 0.000000505. The number of nitrogens with zero attached hydrogens (tertiary/aromatic N) is 3. The maximum Gasteiger partial charge on any atom is 0.490 e. The number of hydrogen-bond acceptors (Lipinski definition) is 5. The zero-order valence-electron chi connectivity index (χ0n) is 20.6. The highest BCUT2D eigenvalue weighted by Gasteiger charge is 2.38. The second kappa shape index (κ2) is 13.0. The van der Waals surface area contributed by atoms with Crippen LogP contribution in [0, 0.1) is 12.7 Å². The van der Waals surface area contributed by atoms with Crippen molar-refractivity contribution in [3.05, 3.63) is 78.1 Å². The smallest absolute Gasteiger partial charge is 0.475 e. The molecule has 4 rings (SSSR count). The molecule has 0 bridgehead atoms. The first-order chi connectivity index (χ1) is 18.0. The predicted molar refractivity (Wildman–Crippen MR) is 130 cm³/mol. The Morgan fingerprint density at radius 2 is 1.84 bits per heavy atom. The first-order valence-electron chi connectivity index (χ1n) is 11.9. The number of alkyl halides is 3. The van der Waals surface area contributed by atoms with Crippen LogP contribution < -0.4 is 10.1 Å². The lowest BCUT2D eigenvalue weighted by atomic mass is 10.1. The lowest BCUT2D eigenvalue weighted by Crippen LogP contribution is -2.35. The van der Waals surface area contributed by atoms with Crippen LogP contribution in [0.15, 0.2) is 60.9 Å². The summed E-state index contributed by atoms with van der Waals surface area (Å²) in [6.45, 7) is 3.77. The van der Waals surface area contributed by atoms with E-state index in [-0.39, 0.29) is 18.0 Å². The summed E-state index contributed by atoms with van der Waals surface area (Å²) in [5.41, 5.74) is 1.80. The highest BCUT2D eigenvalue weighted by Crippen LogP contribution is 2.20. The van der Waals surface area contributed by atoms with E-state index in [2.05, 4.69) is 10.3 Å². The van der Waals surface area contributed by atoms with E-state index in [9.17, 15) is 22.4 Å². The number of carboxylic acids is 1. The number of amides is 1. The van der Waals surface area contributed by atoms with E-state index >= 15 is 0 Å². The molecule has 8 nitrogen and oxygen atoms in total. The van der Waals surface area contributed by atoms with Crippen LogP contribution in [0.4, 0.5) is 22.4 Å². The van der Waals surface area contributed by atoms with Crippen LogP contribution in [-0.2, 0) is 11.3 Å². The summed E-state index contributed by atoms with van der Waals surface area (Å²) in [4.78, 5) is 27.4. The van der Waals surface area contributed by atoms with Gasteiger partial charge in [0.2, 0.25) is 0 Å². The lowest BCUT2D eigenvalue weighted by molar-refractivity contribution is -0.192. The van der Waals surface area contributed by atoms with Gasteiger partial charge in [0.25, 0.3) is 0 Å². The fourth-order valence-electron chi connectivity index (χ4n) is 3.95. The molecule has 0 spiro atoms. The lowest BCUT2D eigenvalue weighted by Gasteiger charge is -2.21. The van der Waals surface area contributed by atoms with E-state index < -0.39 is 12.1 Å². The molecule has 1 amide bonds. The molecule has 2 aromatic carbocycles. The third-order valence-electron chi connectivity index (χ3n) is 5.89. The molecule has 2 heterocycles. The van der Waals surface area contributed by atoms with E-state index in [0.29, 0.717) is 25.4 Å². The van der Waals surface area contributed by atoms with Crippen molar-refractivity contribution in [2.24, 2.45) is 0 Å². The summed E-state index contributed by atoms with van der Waals surface area (Å²) >= 11 is 0. The SMILES string of the molecule is Cc1nccn1-c1ccc(F)cc1CNC1CCCN(C(=O)Oc2ccccc2)CC1.O=C(O)C(F)(F)F. The Bertz CT molecular complexity index is 1220. The summed E-state index contributed by atoms with van der Waals surface area (Å²) in [5.74, 6) is -1.60. The van der Waals surface area contributed by atoms with Gasteiger partial charge in [-0.3, -0.25) is 0 Å². The van der Waals surface area contributed by atoms with Gasteiger partial charge in [-0.15, -0.1) is 0 Å². The molecular weight excluding hydrogens is 508 g/mol. The first-order valence-corrected chi connectivity index (χ1v) is 11.9. The van der Waals surface area contributed by atoms with E-state index in [4.69, 9.17) is 14.6 Å². The van der Waals surface area contributed by atoms with E-state index in [1.165, 1.54) is 6.07 Å². The van der Waals surface area contributed by atoms with Crippen molar-refractivity contribution in [2.75, 3.05) is 13.1 Å². The summed E-state index contributed by atoms with van der Waals surface area (Å²) < 4.78 is 53.1. The second-order valence-electron chi connectivity index (χ2n) is 8.60. The van der Waals surface area contributed by atoms with Gasteiger partial charge in [-0.05, 0) is 62.1 Å². The van der Waals surface area contributed by atoms with Gasteiger partial charge in [0, 0.05) is 38.1 Å². The average molecular weight is 537 g/mol. The number of aryl methyl sites for hydroxylation is 1. The predicted octanol–water partition coefficient (Wildman–Crippen LogP) is 5.10. The van der Waals surface area contributed by atoms with Crippen molar-refractivity contribution in [2.45, 2.75) is 44.9 Å². The Morgan fingerprint density at radius 1 is 1.13 bits per heavy atom. The topological polar surface area (TPSA) is 96.7 Å². The highest BCUT2D eigenvalue weighted by atomic mass is 19.4. The van der Waals surface area contributed by atoms with Gasteiger partial charge in [-0.2, -0.15) is 13.2 Å². The van der Waals surface area contributed by atoms with E-state index in [1.807, 2.05) is 35.9 Å². The average Bonchev–Trinajstić information content (AvgIpc) is 3.15. The Kier molecular flexibility index (Phi) is 9.83. The zero-order chi connectivity index (χ0) is 27.7. The van der Waals surface area contributed by atoms with Gasteiger partial charge in [0.15, 0.2) is 0 Å². The minimum atomic E-state index is -5.08. The van der Waals surface area contributed by atoms with Gasteiger partial charge < -0.3 is 24.6 Å². The monoisotopic (exact) mass is 536 g/mol. The van der Waals surface area contributed by atoms with E-state index in [1.54, 1.807) is 35.4 Å². The minimum absolute atomic E-state index is 0.245. The number of imidazole rings is 1. The van der Waals surface area contributed by atoms with Gasteiger partial charge in [0.1, 0.15) is 17.4 Å². The first kappa shape index (κ1) is 28.6. The third-order valence-corrected chi connectivity index (χ3v) is 5.89. The maximum absolute atomic E-state index is 13.9. The fraction of sp³-hybridized carbons (Fsp3) is 0.346. The molecule has 1 fully saturated rings. The van der Waals surface area contributed by atoms with Gasteiger partial charge in [-0.25, -0.2) is 19.0 Å². The van der Waals surface area contributed by atoms with Crippen LogP contribution in [0.2, 0.25) is 0 Å². The number of benzene rings is 2. The standard InChI is InChI=1S/C24H27FN4O2.C2HF3O2/c1-18-26-12-15-29(18)23-10-9-20(25)16-19(23)17-27-21-6-5-13-28(14-11-21)24(30)31-22-7-3-2-4-8-22;3-2(4,5)1(6)7/h2-4,7-10,12,15-16,21,27H,5-6,11,13-14,17H2,1H3;(H,6,7). The van der Waals surface area contributed by atoms with Crippen molar-refractivity contribution in [1.29, 1.82) is 0 Å². The minimum Gasteiger partial charge on any atom is -0.475 e. The molecule has 1 atom stereocenters. The molecule has 38 heavy (non-hydrogen) atoms. The molecule has 204 valence electrons. The summed E-state index contributed by atoms with van der Waals surface area (Å²) in [6.07, 6.45) is 0.883. The zero-order valence-corrected chi connectivity index (χ0v) is 20.6. The number of nitrogens with one attached hydrogen (secondary N) is 1. The number of carbonyl (C=O) groups excluding carboxylic acids is 1. The van der Waals surface area contributed by atoms with Crippen LogP contribution in [0.1, 0.15) is 30.7 Å². The number of aliphatic carboxylic acids is 1. The number of halogens is 4. The number of para-hydroxylation sites is 1. The van der Waals surface area contributed by atoms with E-state index in [0.717, 1.165) is 36.3 Å². The molecule has 0 aliphatic carbocycles. The van der Waals surface area contributed by atoms with Crippen molar-refractivity contribution in [3.63, 3.8) is 0 Å². The summed E-state index contributed by atoms with van der Waals surface area (Å²) in [5, 5.41) is 10.7. The van der Waals surface area contributed by atoms with Gasteiger partial charge >= 0.3 is 18.2 Å². The van der Waals surface area contributed by atoms with Crippen LogP contribution in [0.3, 0.4) is 0 Å². The van der Waals surface area contributed by atoms with Crippen LogP contribution >= 0.6 is 0 Å². The second-order valence-corrected chi connectivity index (χ2v) is 8.60. The van der Waals surface area contributed by atoms with Gasteiger partial charge in [-0.1, -0.05) is 18.2 Å². The highest BCUT2D eigenvalue weighted by molar-refractivity contribution is 5.73.